The third-order valence-electron chi connectivity index (χ3n) is 3.13. The molecule has 0 N–H and O–H groups in total. The summed E-state index contributed by atoms with van der Waals surface area (Å²) in [6.07, 6.45) is 4.58. The lowest BCUT2D eigenvalue weighted by atomic mass is 10.1. The van der Waals surface area contributed by atoms with Gasteiger partial charge in [0.15, 0.2) is 0 Å². The number of anilines is 1. The molecule has 1 unspecified atom stereocenters. The minimum Gasteiger partial charge on any atom is -0.363 e. The van der Waals surface area contributed by atoms with Crippen molar-refractivity contribution in [3.63, 3.8) is 0 Å². The Morgan fingerprint density at radius 3 is 2.67 bits per heavy atom. The van der Waals surface area contributed by atoms with Gasteiger partial charge in [-0.25, -0.2) is 4.98 Å². The number of aromatic nitrogens is 1. The third kappa shape index (κ3) is 2.12. The second kappa shape index (κ2) is 4.19. The van der Waals surface area contributed by atoms with Crippen molar-refractivity contribution in [1.29, 1.82) is 0 Å². The van der Waals surface area contributed by atoms with Crippen molar-refractivity contribution in [2.24, 2.45) is 0 Å². The van der Waals surface area contributed by atoms with Crippen molar-refractivity contribution >= 4 is 5.82 Å². The summed E-state index contributed by atoms with van der Waals surface area (Å²) in [6.45, 7) is 1.21. The molecule has 3 nitrogen and oxygen atoms in total. The predicted octanol–water partition coefficient (Wildman–Crippen LogP) is 1.91. The maximum absolute atomic E-state index is 4.46. The van der Waals surface area contributed by atoms with Crippen LogP contribution in [0.5, 0.6) is 0 Å². The quantitative estimate of drug-likeness (QED) is 0.735. The molecule has 1 aromatic rings. The summed E-state index contributed by atoms with van der Waals surface area (Å²) >= 11 is 0. The molecule has 82 valence electrons. The van der Waals surface area contributed by atoms with Crippen molar-refractivity contribution in [3.8, 4) is 0 Å². The average Bonchev–Trinajstić information content (AvgIpc) is 2.65. The largest absolute Gasteiger partial charge is 0.363 e. The zero-order valence-corrected chi connectivity index (χ0v) is 9.77. The first-order chi connectivity index (χ1) is 7.18. The van der Waals surface area contributed by atoms with Gasteiger partial charge in [-0.15, -0.1) is 0 Å². The topological polar surface area (TPSA) is 19.4 Å². The van der Waals surface area contributed by atoms with Gasteiger partial charge in [0.05, 0.1) is 0 Å². The molecule has 1 fully saturated rings. The van der Waals surface area contributed by atoms with Crippen molar-refractivity contribution in [3.05, 3.63) is 23.9 Å². The maximum atomic E-state index is 4.46. The van der Waals surface area contributed by atoms with Crippen LogP contribution in [-0.2, 0) is 0 Å². The van der Waals surface area contributed by atoms with Gasteiger partial charge in [-0.2, -0.15) is 0 Å². The van der Waals surface area contributed by atoms with Crippen LogP contribution in [0.25, 0.3) is 0 Å². The molecule has 0 radical (unpaired) electrons. The minimum absolute atomic E-state index is 0.578. The standard InChI is InChI=1S/C12H19N3/c1-14(2)12-7-6-10(9-13-12)11-5-4-8-15(11)3/h6-7,9,11H,4-5,8H2,1-3H3. The van der Waals surface area contributed by atoms with Crippen LogP contribution >= 0.6 is 0 Å². The highest BCUT2D eigenvalue weighted by Gasteiger charge is 2.22. The molecular formula is C12H19N3. The molecule has 0 aromatic carbocycles. The Kier molecular flexibility index (Phi) is 2.91. The van der Waals surface area contributed by atoms with E-state index >= 15 is 0 Å². The van der Waals surface area contributed by atoms with Crippen LogP contribution < -0.4 is 4.90 Å². The molecular weight excluding hydrogens is 186 g/mol. The molecule has 1 aromatic heterocycles. The van der Waals surface area contributed by atoms with E-state index in [1.165, 1.54) is 24.9 Å². The molecule has 2 heterocycles. The summed E-state index contributed by atoms with van der Waals surface area (Å²) in [6, 6.07) is 4.88. The Hall–Kier alpha value is -1.09. The van der Waals surface area contributed by atoms with E-state index in [1.54, 1.807) is 0 Å². The lowest BCUT2D eigenvalue weighted by Crippen LogP contribution is -2.18. The van der Waals surface area contributed by atoms with Crippen molar-refractivity contribution in [1.82, 2.24) is 9.88 Å². The SMILES string of the molecule is CN(C)c1ccc(C2CCCN2C)cn1. The Morgan fingerprint density at radius 2 is 2.20 bits per heavy atom. The summed E-state index contributed by atoms with van der Waals surface area (Å²) in [7, 11) is 6.23. The predicted molar refractivity (Wildman–Crippen MR) is 63.2 cm³/mol. The Balaban J connectivity index is 2.16. The fraction of sp³-hybridized carbons (Fsp3) is 0.583. The third-order valence-corrected chi connectivity index (χ3v) is 3.13. The maximum Gasteiger partial charge on any atom is 0.127 e. The number of nitrogens with zero attached hydrogens (tertiary/aromatic N) is 3. The fourth-order valence-corrected chi connectivity index (χ4v) is 2.19. The molecule has 0 aliphatic carbocycles. The zero-order valence-electron chi connectivity index (χ0n) is 9.77. The number of rotatable bonds is 2. The lowest BCUT2D eigenvalue weighted by molar-refractivity contribution is 0.317. The van der Waals surface area contributed by atoms with Crippen molar-refractivity contribution in [2.75, 3.05) is 32.6 Å². The highest BCUT2D eigenvalue weighted by atomic mass is 15.2. The van der Waals surface area contributed by atoms with Crippen LogP contribution in [0.3, 0.4) is 0 Å². The van der Waals surface area contributed by atoms with E-state index in [-0.39, 0.29) is 0 Å². The van der Waals surface area contributed by atoms with Crippen LogP contribution in [-0.4, -0.2) is 37.6 Å². The normalized spacial score (nSPS) is 21.9. The molecule has 0 spiro atoms. The number of hydrogen-bond donors (Lipinski definition) is 0. The van der Waals surface area contributed by atoms with Gasteiger partial charge >= 0.3 is 0 Å². The van der Waals surface area contributed by atoms with E-state index in [4.69, 9.17) is 0 Å². The summed E-state index contributed by atoms with van der Waals surface area (Å²) < 4.78 is 0. The monoisotopic (exact) mass is 205 g/mol. The molecule has 15 heavy (non-hydrogen) atoms. The highest BCUT2D eigenvalue weighted by Crippen LogP contribution is 2.30. The fourth-order valence-electron chi connectivity index (χ4n) is 2.19. The van der Waals surface area contributed by atoms with E-state index in [0.717, 1.165) is 5.82 Å². The molecule has 0 bridgehead atoms. The first-order valence-electron chi connectivity index (χ1n) is 5.52. The van der Waals surface area contributed by atoms with Crippen LogP contribution in [0.15, 0.2) is 18.3 Å². The zero-order chi connectivity index (χ0) is 10.8. The van der Waals surface area contributed by atoms with Crippen molar-refractivity contribution in [2.45, 2.75) is 18.9 Å². The van der Waals surface area contributed by atoms with Gasteiger partial charge in [0, 0.05) is 26.3 Å². The molecule has 2 rings (SSSR count). The lowest BCUT2D eigenvalue weighted by Gasteiger charge is -2.20. The van der Waals surface area contributed by atoms with Crippen LogP contribution in [0.1, 0.15) is 24.4 Å². The first kappa shape index (κ1) is 10.4. The second-order valence-corrected chi connectivity index (χ2v) is 4.48. The molecule has 0 amide bonds. The van der Waals surface area contributed by atoms with Crippen molar-refractivity contribution < 1.29 is 0 Å². The summed E-state index contributed by atoms with van der Waals surface area (Å²) in [4.78, 5) is 8.90. The van der Waals surface area contributed by atoms with Crippen LogP contribution in [0, 0.1) is 0 Å². The number of pyridine rings is 1. The Labute approximate surface area is 91.7 Å². The molecule has 1 saturated heterocycles. The number of likely N-dealkylation sites (tertiary alicyclic amines) is 1. The molecule has 1 aliphatic heterocycles. The van der Waals surface area contributed by atoms with E-state index in [1.807, 2.05) is 25.2 Å². The molecule has 0 saturated carbocycles. The minimum atomic E-state index is 0.578. The first-order valence-corrected chi connectivity index (χ1v) is 5.52. The Bertz CT molecular complexity index is 318. The van der Waals surface area contributed by atoms with Crippen LogP contribution in [0.2, 0.25) is 0 Å². The molecule has 3 heteroatoms. The summed E-state index contributed by atoms with van der Waals surface area (Å²) in [5.74, 6) is 1.03. The second-order valence-electron chi connectivity index (χ2n) is 4.48. The van der Waals surface area contributed by atoms with Gasteiger partial charge in [-0.3, -0.25) is 4.90 Å². The van der Waals surface area contributed by atoms with E-state index in [9.17, 15) is 0 Å². The summed E-state index contributed by atoms with van der Waals surface area (Å²) in [5.41, 5.74) is 1.35. The van der Waals surface area contributed by atoms with Gasteiger partial charge in [-0.05, 0) is 38.1 Å². The smallest absolute Gasteiger partial charge is 0.127 e. The van der Waals surface area contributed by atoms with E-state index in [2.05, 4.69) is 29.1 Å². The van der Waals surface area contributed by atoms with E-state index < -0.39 is 0 Å². The highest BCUT2D eigenvalue weighted by molar-refractivity contribution is 5.37. The van der Waals surface area contributed by atoms with E-state index in [0.29, 0.717) is 6.04 Å². The van der Waals surface area contributed by atoms with Gasteiger partial charge in [0.1, 0.15) is 5.82 Å². The summed E-state index contributed by atoms with van der Waals surface area (Å²) in [5, 5.41) is 0. The van der Waals surface area contributed by atoms with Gasteiger partial charge in [0.25, 0.3) is 0 Å². The van der Waals surface area contributed by atoms with Gasteiger partial charge in [-0.1, -0.05) is 6.07 Å². The van der Waals surface area contributed by atoms with Gasteiger partial charge in [0.2, 0.25) is 0 Å². The average molecular weight is 205 g/mol. The van der Waals surface area contributed by atoms with Gasteiger partial charge < -0.3 is 4.90 Å². The van der Waals surface area contributed by atoms with Crippen LogP contribution in [0.4, 0.5) is 5.82 Å². The number of hydrogen-bond acceptors (Lipinski definition) is 3. The molecule has 1 atom stereocenters. The Morgan fingerprint density at radius 1 is 1.40 bits per heavy atom. The molecule has 1 aliphatic rings.